The average molecular weight is 214 g/mol. The van der Waals surface area contributed by atoms with E-state index >= 15 is 0 Å². The monoisotopic (exact) mass is 213 g/mol. The molecule has 0 aliphatic heterocycles. The summed E-state index contributed by atoms with van der Waals surface area (Å²) in [5.74, 6) is 0.306. The van der Waals surface area contributed by atoms with Gasteiger partial charge < -0.3 is 5.73 Å². The molecule has 2 N–H and O–H groups in total. The van der Waals surface area contributed by atoms with Gasteiger partial charge in [-0.25, -0.2) is 9.97 Å². The number of hydrogen-bond acceptors (Lipinski definition) is 3. The Morgan fingerprint density at radius 2 is 2.09 bits per heavy atom. The van der Waals surface area contributed by atoms with Crippen LogP contribution in [0.3, 0.4) is 0 Å². The number of alkyl halides is 1. The van der Waals surface area contributed by atoms with E-state index in [1.54, 1.807) is 12.4 Å². The number of nitrogens with two attached hydrogens (primary N) is 1. The Balaban J connectivity index is 2.73. The number of rotatable bonds is 2. The number of halogens is 1. The molecular weight excluding hydrogens is 206 g/mol. The largest absolute Gasteiger partial charge is 0.368 e. The van der Waals surface area contributed by atoms with Crippen LogP contribution in [0.5, 0.6) is 0 Å². The molecule has 0 fully saturated rings. The second kappa shape index (κ2) is 4.08. The second-order valence-electron chi connectivity index (χ2n) is 1.93. The fourth-order valence-corrected chi connectivity index (χ4v) is 0.802. The minimum absolute atomic E-state index is 0.306. The molecule has 0 atom stereocenters. The molecule has 0 saturated heterocycles. The maximum absolute atomic E-state index is 5.30. The summed E-state index contributed by atoms with van der Waals surface area (Å²) in [7, 11) is 0. The molecule has 11 heavy (non-hydrogen) atoms. The maximum Gasteiger partial charge on any atom is 0.219 e. The van der Waals surface area contributed by atoms with Gasteiger partial charge in [-0.3, -0.25) is 0 Å². The van der Waals surface area contributed by atoms with E-state index < -0.39 is 0 Å². The minimum atomic E-state index is 0.306. The van der Waals surface area contributed by atoms with Crippen molar-refractivity contribution >= 4 is 28.0 Å². The molecule has 3 nitrogen and oxygen atoms in total. The molecular formula is C7H8BrN3. The van der Waals surface area contributed by atoms with Gasteiger partial charge in [0, 0.05) is 23.3 Å². The molecule has 0 saturated carbocycles. The highest BCUT2D eigenvalue weighted by atomic mass is 79.9. The summed E-state index contributed by atoms with van der Waals surface area (Å²) in [6, 6.07) is 0. The fraction of sp³-hybridized carbons (Fsp3) is 0.143. The number of nitrogen functional groups attached to an aromatic ring is 1. The summed E-state index contributed by atoms with van der Waals surface area (Å²) >= 11 is 3.27. The third-order valence-electron chi connectivity index (χ3n) is 1.09. The van der Waals surface area contributed by atoms with Gasteiger partial charge >= 0.3 is 0 Å². The van der Waals surface area contributed by atoms with E-state index in [2.05, 4.69) is 25.9 Å². The molecule has 0 spiro atoms. The summed E-state index contributed by atoms with van der Waals surface area (Å²) in [5.41, 5.74) is 6.26. The van der Waals surface area contributed by atoms with Gasteiger partial charge in [0.15, 0.2) is 0 Å². The standard InChI is InChI=1S/C7H8BrN3/c8-3-1-2-6-4-10-7(9)11-5-6/h1-2,4-5H,3H2,(H2,9,10,11). The zero-order chi connectivity index (χ0) is 8.10. The first-order valence-electron chi connectivity index (χ1n) is 3.13. The van der Waals surface area contributed by atoms with E-state index in [9.17, 15) is 0 Å². The molecule has 0 radical (unpaired) electrons. The highest BCUT2D eigenvalue weighted by Gasteiger charge is 1.87. The highest BCUT2D eigenvalue weighted by molar-refractivity contribution is 9.09. The lowest BCUT2D eigenvalue weighted by Gasteiger charge is -1.91. The third-order valence-corrected chi connectivity index (χ3v) is 1.46. The molecule has 0 aliphatic rings. The third kappa shape index (κ3) is 2.67. The van der Waals surface area contributed by atoms with Crippen molar-refractivity contribution in [3.63, 3.8) is 0 Å². The Morgan fingerprint density at radius 3 is 2.64 bits per heavy atom. The van der Waals surface area contributed by atoms with Crippen molar-refractivity contribution in [2.45, 2.75) is 0 Å². The van der Waals surface area contributed by atoms with E-state index in [-0.39, 0.29) is 0 Å². The number of aromatic nitrogens is 2. The maximum atomic E-state index is 5.30. The lowest BCUT2D eigenvalue weighted by Crippen LogP contribution is -1.92. The van der Waals surface area contributed by atoms with E-state index in [1.165, 1.54) is 0 Å². The molecule has 0 aromatic carbocycles. The van der Waals surface area contributed by atoms with Gasteiger partial charge in [-0.05, 0) is 0 Å². The van der Waals surface area contributed by atoms with E-state index in [0.29, 0.717) is 5.95 Å². The van der Waals surface area contributed by atoms with Crippen molar-refractivity contribution in [3.8, 4) is 0 Å². The summed E-state index contributed by atoms with van der Waals surface area (Å²) < 4.78 is 0. The number of anilines is 1. The van der Waals surface area contributed by atoms with Crippen molar-refractivity contribution in [1.29, 1.82) is 0 Å². The predicted octanol–water partition coefficient (Wildman–Crippen LogP) is 1.47. The Bertz CT molecular complexity index is 242. The zero-order valence-corrected chi connectivity index (χ0v) is 7.45. The summed E-state index contributed by atoms with van der Waals surface area (Å²) in [6.45, 7) is 0. The second-order valence-corrected chi connectivity index (χ2v) is 2.58. The minimum Gasteiger partial charge on any atom is -0.368 e. The molecule has 0 amide bonds. The van der Waals surface area contributed by atoms with Crippen LogP contribution in [0.25, 0.3) is 6.08 Å². The first kappa shape index (κ1) is 8.20. The molecule has 1 aromatic heterocycles. The van der Waals surface area contributed by atoms with Crippen LogP contribution in [0.2, 0.25) is 0 Å². The van der Waals surface area contributed by atoms with Crippen LogP contribution in [-0.4, -0.2) is 15.3 Å². The fourth-order valence-electron chi connectivity index (χ4n) is 0.615. The Morgan fingerprint density at radius 1 is 1.45 bits per heavy atom. The Hall–Kier alpha value is -0.900. The summed E-state index contributed by atoms with van der Waals surface area (Å²) in [6.07, 6.45) is 7.26. The molecule has 0 bridgehead atoms. The smallest absolute Gasteiger partial charge is 0.219 e. The van der Waals surface area contributed by atoms with E-state index in [4.69, 9.17) is 5.73 Å². The van der Waals surface area contributed by atoms with Gasteiger partial charge in [-0.1, -0.05) is 28.1 Å². The van der Waals surface area contributed by atoms with Crippen molar-refractivity contribution in [2.75, 3.05) is 11.1 Å². The molecule has 0 aliphatic carbocycles. The van der Waals surface area contributed by atoms with E-state index in [1.807, 2.05) is 12.2 Å². The van der Waals surface area contributed by atoms with Gasteiger partial charge in [0.2, 0.25) is 5.95 Å². The Labute approximate surface area is 73.5 Å². The molecule has 1 heterocycles. The topological polar surface area (TPSA) is 51.8 Å². The SMILES string of the molecule is Nc1ncc(C=CCBr)cn1. The molecule has 58 valence electrons. The van der Waals surface area contributed by atoms with Crippen molar-refractivity contribution in [3.05, 3.63) is 24.0 Å². The van der Waals surface area contributed by atoms with Gasteiger partial charge in [-0.2, -0.15) is 0 Å². The first-order chi connectivity index (χ1) is 5.33. The summed E-state index contributed by atoms with van der Waals surface area (Å²) in [5, 5.41) is 0.831. The van der Waals surface area contributed by atoms with Crippen LogP contribution in [0.1, 0.15) is 5.56 Å². The highest BCUT2D eigenvalue weighted by Crippen LogP contribution is 1.99. The van der Waals surface area contributed by atoms with Gasteiger partial charge in [-0.15, -0.1) is 0 Å². The van der Waals surface area contributed by atoms with Crippen LogP contribution in [0, 0.1) is 0 Å². The van der Waals surface area contributed by atoms with Gasteiger partial charge in [0.05, 0.1) is 0 Å². The number of allylic oxidation sites excluding steroid dienone is 1. The van der Waals surface area contributed by atoms with E-state index in [0.717, 1.165) is 10.9 Å². The molecule has 1 rings (SSSR count). The zero-order valence-electron chi connectivity index (χ0n) is 5.87. The van der Waals surface area contributed by atoms with Crippen molar-refractivity contribution in [2.24, 2.45) is 0 Å². The van der Waals surface area contributed by atoms with Gasteiger partial charge in [0.1, 0.15) is 0 Å². The normalized spacial score (nSPS) is 10.6. The lowest BCUT2D eigenvalue weighted by molar-refractivity contribution is 1.18. The van der Waals surface area contributed by atoms with Crippen LogP contribution in [-0.2, 0) is 0 Å². The molecule has 1 aromatic rings. The summed E-state index contributed by atoms with van der Waals surface area (Å²) in [4.78, 5) is 7.66. The van der Waals surface area contributed by atoms with Crippen LogP contribution < -0.4 is 5.73 Å². The number of hydrogen-bond donors (Lipinski definition) is 1. The van der Waals surface area contributed by atoms with Gasteiger partial charge in [0.25, 0.3) is 0 Å². The van der Waals surface area contributed by atoms with Crippen molar-refractivity contribution < 1.29 is 0 Å². The van der Waals surface area contributed by atoms with Crippen LogP contribution in [0.15, 0.2) is 18.5 Å². The first-order valence-corrected chi connectivity index (χ1v) is 4.25. The Kier molecular flexibility index (Phi) is 3.04. The predicted molar refractivity (Wildman–Crippen MR) is 49.3 cm³/mol. The molecule has 0 unspecified atom stereocenters. The quantitative estimate of drug-likeness (QED) is 0.758. The van der Waals surface area contributed by atoms with Crippen molar-refractivity contribution in [1.82, 2.24) is 9.97 Å². The van der Waals surface area contributed by atoms with Crippen LogP contribution >= 0.6 is 15.9 Å². The van der Waals surface area contributed by atoms with Crippen LogP contribution in [0.4, 0.5) is 5.95 Å². The average Bonchev–Trinajstić information content (AvgIpc) is 2.04. The molecule has 4 heteroatoms. The number of nitrogens with zero attached hydrogens (tertiary/aromatic N) is 2. The lowest BCUT2D eigenvalue weighted by atomic mass is 10.3.